The molecule has 0 atom stereocenters. The second-order valence-electron chi connectivity index (χ2n) is 4.73. The molecule has 1 amide bonds. The van der Waals surface area contributed by atoms with Gasteiger partial charge in [0.15, 0.2) is 0 Å². The fourth-order valence-corrected chi connectivity index (χ4v) is 2.99. The Morgan fingerprint density at radius 3 is 2.71 bits per heavy atom. The molecule has 1 aliphatic heterocycles. The van der Waals surface area contributed by atoms with Crippen molar-refractivity contribution in [3.63, 3.8) is 0 Å². The molecule has 2 N–H and O–H groups in total. The molecule has 1 saturated heterocycles. The van der Waals surface area contributed by atoms with Crippen LogP contribution in [0.1, 0.15) is 36.6 Å². The van der Waals surface area contributed by atoms with Crippen LogP contribution in [-0.2, 0) is 4.79 Å². The zero-order chi connectivity index (χ0) is 11.7. The van der Waals surface area contributed by atoms with Crippen LogP contribution >= 0.6 is 11.3 Å². The predicted molar refractivity (Wildman–Crippen MR) is 66.1 cm³/mol. The molecule has 2 aliphatic rings. The molecule has 0 aromatic carbocycles. The summed E-state index contributed by atoms with van der Waals surface area (Å²) in [7, 11) is 0. The lowest BCUT2D eigenvalue weighted by Gasteiger charge is -2.19. The quantitative estimate of drug-likeness (QED) is 0.852. The molecule has 2 fully saturated rings. The van der Waals surface area contributed by atoms with Crippen LogP contribution in [0.2, 0.25) is 0 Å². The van der Waals surface area contributed by atoms with E-state index in [9.17, 15) is 4.79 Å². The Kier molecular flexibility index (Phi) is 3.07. The van der Waals surface area contributed by atoms with Gasteiger partial charge in [-0.3, -0.25) is 4.79 Å². The number of nitrogens with zero attached hydrogens (tertiary/aromatic N) is 2. The minimum atomic E-state index is 0.109. The number of carbonyl (C=O) groups excluding carboxylic acids is 1. The predicted octanol–water partition coefficient (Wildman–Crippen LogP) is 1.35. The van der Waals surface area contributed by atoms with E-state index in [0.717, 1.165) is 43.8 Å². The van der Waals surface area contributed by atoms with Crippen LogP contribution < -0.4 is 10.6 Å². The highest BCUT2D eigenvalue weighted by Crippen LogP contribution is 2.32. The second kappa shape index (κ2) is 4.70. The molecule has 17 heavy (non-hydrogen) atoms. The molecule has 92 valence electrons. The zero-order valence-electron chi connectivity index (χ0n) is 9.61. The fraction of sp³-hybridized carbons (Fsp3) is 0.727. The molecule has 1 aromatic rings. The lowest BCUT2D eigenvalue weighted by atomic mass is 9.99. The van der Waals surface area contributed by atoms with Gasteiger partial charge < -0.3 is 10.6 Å². The number of aromatic nitrogens is 2. The van der Waals surface area contributed by atoms with Gasteiger partial charge >= 0.3 is 0 Å². The first-order chi connectivity index (χ1) is 8.33. The van der Waals surface area contributed by atoms with Crippen LogP contribution in [0.3, 0.4) is 0 Å². The molecule has 0 spiro atoms. The third kappa shape index (κ3) is 2.63. The molecule has 2 heterocycles. The van der Waals surface area contributed by atoms with Crippen molar-refractivity contribution < 1.29 is 4.79 Å². The van der Waals surface area contributed by atoms with Crippen molar-refractivity contribution in [3.05, 3.63) is 5.01 Å². The molecular formula is C11H16N4OS. The Labute approximate surface area is 104 Å². The second-order valence-corrected chi connectivity index (χ2v) is 5.74. The van der Waals surface area contributed by atoms with Gasteiger partial charge in [0.2, 0.25) is 11.0 Å². The summed E-state index contributed by atoms with van der Waals surface area (Å²) in [6.07, 6.45) is 4.27. The number of amides is 1. The van der Waals surface area contributed by atoms with E-state index in [1.54, 1.807) is 0 Å². The van der Waals surface area contributed by atoms with Crippen LogP contribution in [0.15, 0.2) is 0 Å². The van der Waals surface area contributed by atoms with Crippen LogP contribution in [0.5, 0.6) is 0 Å². The number of hydrogen-bond acceptors (Lipinski definition) is 5. The van der Waals surface area contributed by atoms with E-state index in [4.69, 9.17) is 0 Å². The number of nitrogens with one attached hydrogen (secondary N) is 2. The average Bonchev–Trinajstić information content (AvgIpc) is 3.12. The summed E-state index contributed by atoms with van der Waals surface area (Å²) in [6.45, 7) is 2.10. The fourth-order valence-electron chi connectivity index (χ4n) is 2.07. The van der Waals surface area contributed by atoms with E-state index >= 15 is 0 Å². The van der Waals surface area contributed by atoms with Crippen molar-refractivity contribution in [3.8, 4) is 0 Å². The van der Waals surface area contributed by atoms with E-state index in [2.05, 4.69) is 20.8 Å². The highest BCUT2D eigenvalue weighted by molar-refractivity contribution is 7.15. The minimum absolute atomic E-state index is 0.109. The molecule has 6 heteroatoms. The van der Waals surface area contributed by atoms with Gasteiger partial charge in [0.05, 0.1) is 0 Å². The Morgan fingerprint density at radius 2 is 2.00 bits per heavy atom. The first-order valence-corrected chi connectivity index (χ1v) is 6.99. The highest BCUT2D eigenvalue weighted by Gasteiger charge is 2.30. The summed E-state index contributed by atoms with van der Waals surface area (Å²) in [4.78, 5) is 11.6. The van der Waals surface area contributed by atoms with Crippen molar-refractivity contribution in [2.75, 3.05) is 18.4 Å². The number of anilines is 1. The van der Waals surface area contributed by atoms with Gasteiger partial charge in [0, 0.05) is 11.8 Å². The Bertz CT molecular complexity index is 409. The van der Waals surface area contributed by atoms with E-state index in [1.807, 2.05) is 0 Å². The van der Waals surface area contributed by atoms with Crippen molar-refractivity contribution >= 4 is 22.4 Å². The van der Waals surface area contributed by atoms with E-state index in [-0.39, 0.29) is 11.8 Å². The van der Waals surface area contributed by atoms with E-state index in [0.29, 0.717) is 11.0 Å². The van der Waals surface area contributed by atoms with Gasteiger partial charge in [0.25, 0.3) is 0 Å². The van der Waals surface area contributed by atoms with Gasteiger partial charge in [0.1, 0.15) is 5.01 Å². The third-order valence-corrected chi connectivity index (χ3v) is 4.31. The van der Waals surface area contributed by atoms with Crippen LogP contribution in [0, 0.1) is 5.92 Å². The standard InChI is InChI=1S/C11H16N4OS/c16-9(7-1-2-7)13-11-15-14-10(17-11)8-3-5-12-6-4-8/h7-8,12H,1-6H2,(H,13,15,16). The first-order valence-electron chi connectivity index (χ1n) is 6.18. The SMILES string of the molecule is O=C(Nc1nnc(C2CCNCC2)s1)C1CC1. The Morgan fingerprint density at radius 1 is 1.24 bits per heavy atom. The number of rotatable bonds is 3. The minimum Gasteiger partial charge on any atom is -0.317 e. The van der Waals surface area contributed by atoms with Crippen LogP contribution in [0.25, 0.3) is 0 Å². The van der Waals surface area contributed by atoms with Gasteiger partial charge in [-0.15, -0.1) is 10.2 Å². The maximum atomic E-state index is 11.6. The van der Waals surface area contributed by atoms with Gasteiger partial charge in [-0.05, 0) is 38.8 Å². The van der Waals surface area contributed by atoms with Gasteiger partial charge in [-0.2, -0.15) is 0 Å². The van der Waals surface area contributed by atoms with Crippen molar-refractivity contribution in [1.29, 1.82) is 0 Å². The molecule has 1 aromatic heterocycles. The van der Waals surface area contributed by atoms with Gasteiger partial charge in [-0.25, -0.2) is 0 Å². The normalized spacial score (nSPS) is 21.4. The summed E-state index contributed by atoms with van der Waals surface area (Å²) in [6, 6.07) is 0. The van der Waals surface area contributed by atoms with E-state index < -0.39 is 0 Å². The van der Waals surface area contributed by atoms with Crippen molar-refractivity contribution in [1.82, 2.24) is 15.5 Å². The molecular weight excluding hydrogens is 236 g/mol. The molecule has 3 rings (SSSR count). The smallest absolute Gasteiger partial charge is 0.229 e. The topological polar surface area (TPSA) is 66.9 Å². The summed E-state index contributed by atoms with van der Waals surface area (Å²) in [5.41, 5.74) is 0. The maximum absolute atomic E-state index is 11.6. The molecule has 1 saturated carbocycles. The summed E-state index contributed by atoms with van der Waals surface area (Å²) in [5, 5.41) is 16.2. The Hall–Kier alpha value is -1.01. The van der Waals surface area contributed by atoms with Crippen LogP contribution in [-0.4, -0.2) is 29.2 Å². The molecule has 0 unspecified atom stereocenters. The molecule has 5 nitrogen and oxygen atoms in total. The summed E-state index contributed by atoms with van der Waals surface area (Å²) in [5.74, 6) is 0.847. The monoisotopic (exact) mass is 252 g/mol. The van der Waals surface area contributed by atoms with Crippen molar-refractivity contribution in [2.24, 2.45) is 5.92 Å². The lowest BCUT2D eigenvalue weighted by Crippen LogP contribution is -2.26. The number of carbonyl (C=O) groups is 1. The molecule has 0 radical (unpaired) electrons. The van der Waals surface area contributed by atoms with E-state index in [1.165, 1.54) is 11.3 Å². The maximum Gasteiger partial charge on any atom is 0.229 e. The summed E-state index contributed by atoms with van der Waals surface area (Å²) >= 11 is 1.53. The number of piperidine rings is 1. The molecule has 1 aliphatic carbocycles. The zero-order valence-corrected chi connectivity index (χ0v) is 10.4. The number of hydrogen-bond donors (Lipinski definition) is 2. The van der Waals surface area contributed by atoms with Crippen molar-refractivity contribution in [2.45, 2.75) is 31.6 Å². The third-order valence-electron chi connectivity index (χ3n) is 3.31. The first kappa shape index (κ1) is 11.1. The summed E-state index contributed by atoms with van der Waals surface area (Å²) < 4.78 is 0. The lowest BCUT2D eigenvalue weighted by molar-refractivity contribution is -0.117. The Balaban J connectivity index is 1.62. The van der Waals surface area contributed by atoms with Gasteiger partial charge in [-0.1, -0.05) is 11.3 Å². The largest absolute Gasteiger partial charge is 0.317 e. The molecule has 0 bridgehead atoms. The average molecular weight is 252 g/mol. The van der Waals surface area contributed by atoms with Crippen LogP contribution in [0.4, 0.5) is 5.13 Å². The highest BCUT2D eigenvalue weighted by atomic mass is 32.1.